The fraction of sp³-hybridized carbons (Fsp3) is 0.394. The van der Waals surface area contributed by atoms with E-state index in [4.69, 9.17) is 18.9 Å². The molecule has 0 aliphatic heterocycles. The quantitative estimate of drug-likeness (QED) is 0.256. The number of carbonyl (C=O) groups excluding carboxylic acids is 2. The van der Waals surface area contributed by atoms with Crippen LogP contribution in [0.5, 0.6) is 23.0 Å². The molecule has 244 valence electrons. The van der Waals surface area contributed by atoms with Gasteiger partial charge in [0, 0.05) is 24.7 Å². The Balaban J connectivity index is 2.17. The number of sulfonamides is 1. The molecule has 0 bridgehead atoms. The van der Waals surface area contributed by atoms with E-state index in [1.807, 2.05) is 45.0 Å². The number of methoxy groups -OCH3 is 4. The van der Waals surface area contributed by atoms with E-state index in [9.17, 15) is 18.0 Å². The third-order valence-corrected chi connectivity index (χ3v) is 9.24. The lowest BCUT2D eigenvalue weighted by atomic mass is 10.1. The SMILES string of the molecule is CC[C@H](C)NC(=O)[C@@H](C)N(Cc1cccc(C)c1)C(=O)CN(c1cc(OC)ccc1OC)S(=O)(=O)c1ccc(OC)c(OC)c1. The fourth-order valence-electron chi connectivity index (χ4n) is 4.66. The van der Waals surface area contributed by atoms with Gasteiger partial charge in [0.2, 0.25) is 11.8 Å². The summed E-state index contributed by atoms with van der Waals surface area (Å²) in [6.45, 7) is 6.82. The zero-order valence-corrected chi connectivity index (χ0v) is 27.9. The van der Waals surface area contributed by atoms with Crippen molar-refractivity contribution in [1.29, 1.82) is 0 Å². The molecule has 0 spiro atoms. The van der Waals surface area contributed by atoms with Gasteiger partial charge in [0.15, 0.2) is 11.5 Å². The topological polar surface area (TPSA) is 124 Å². The molecule has 2 amide bonds. The summed E-state index contributed by atoms with van der Waals surface area (Å²) in [4.78, 5) is 28.8. The van der Waals surface area contributed by atoms with Crippen molar-refractivity contribution in [2.45, 2.75) is 57.6 Å². The zero-order chi connectivity index (χ0) is 33.3. The molecule has 0 fully saturated rings. The lowest BCUT2D eigenvalue weighted by Crippen LogP contribution is -2.52. The number of carbonyl (C=O) groups is 2. The van der Waals surface area contributed by atoms with Crippen LogP contribution in [-0.2, 0) is 26.2 Å². The fourth-order valence-corrected chi connectivity index (χ4v) is 6.10. The van der Waals surface area contributed by atoms with Gasteiger partial charge in [-0.3, -0.25) is 13.9 Å². The molecule has 11 nitrogen and oxygen atoms in total. The lowest BCUT2D eigenvalue weighted by molar-refractivity contribution is -0.139. The van der Waals surface area contributed by atoms with E-state index < -0.39 is 28.5 Å². The van der Waals surface area contributed by atoms with Crippen molar-refractivity contribution >= 4 is 27.5 Å². The van der Waals surface area contributed by atoms with E-state index in [1.165, 1.54) is 57.6 Å². The summed E-state index contributed by atoms with van der Waals surface area (Å²) in [5, 5.41) is 2.93. The highest BCUT2D eigenvalue weighted by Gasteiger charge is 2.35. The molecule has 0 aliphatic rings. The molecule has 12 heteroatoms. The van der Waals surface area contributed by atoms with E-state index in [-0.39, 0.29) is 40.6 Å². The molecule has 1 N–H and O–H groups in total. The maximum atomic E-state index is 14.4. The van der Waals surface area contributed by atoms with Gasteiger partial charge in [0.1, 0.15) is 24.1 Å². The number of nitrogens with one attached hydrogen (secondary N) is 1. The average molecular weight is 642 g/mol. The Labute approximate surface area is 266 Å². The predicted molar refractivity (Wildman–Crippen MR) is 173 cm³/mol. The van der Waals surface area contributed by atoms with Gasteiger partial charge < -0.3 is 29.2 Å². The molecule has 0 radical (unpaired) electrons. The lowest BCUT2D eigenvalue weighted by Gasteiger charge is -2.33. The number of ether oxygens (including phenoxy) is 4. The summed E-state index contributed by atoms with van der Waals surface area (Å²) in [5.74, 6) is 0.127. The minimum absolute atomic E-state index is 0.0761. The number of benzene rings is 3. The summed E-state index contributed by atoms with van der Waals surface area (Å²) >= 11 is 0. The van der Waals surface area contributed by atoms with Gasteiger partial charge in [-0.2, -0.15) is 0 Å². The molecule has 0 aromatic heterocycles. The van der Waals surface area contributed by atoms with Crippen LogP contribution in [0, 0.1) is 6.92 Å². The van der Waals surface area contributed by atoms with E-state index in [1.54, 1.807) is 19.1 Å². The van der Waals surface area contributed by atoms with E-state index in [2.05, 4.69) is 5.32 Å². The van der Waals surface area contributed by atoms with Gasteiger partial charge in [-0.15, -0.1) is 0 Å². The Morgan fingerprint density at radius 1 is 0.844 bits per heavy atom. The van der Waals surface area contributed by atoms with Crippen LogP contribution in [0.3, 0.4) is 0 Å². The number of hydrogen-bond acceptors (Lipinski definition) is 8. The van der Waals surface area contributed by atoms with Gasteiger partial charge >= 0.3 is 0 Å². The van der Waals surface area contributed by atoms with Gasteiger partial charge in [0.25, 0.3) is 10.0 Å². The maximum Gasteiger partial charge on any atom is 0.265 e. The first kappa shape index (κ1) is 35.0. The van der Waals surface area contributed by atoms with Crippen molar-refractivity contribution in [3.8, 4) is 23.0 Å². The Hall–Kier alpha value is -4.45. The minimum atomic E-state index is -4.43. The summed E-state index contributed by atoms with van der Waals surface area (Å²) in [6, 6.07) is 15.4. The van der Waals surface area contributed by atoms with Crippen LogP contribution >= 0.6 is 0 Å². The second-order valence-corrected chi connectivity index (χ2v) is 12.4. The smallest absolute Gasteiger partial charge is 0.265 e. The van der Waals surface area contributed by atoms with Crippen molar-refractivity contribution in [2.75, 3.05) is 39.3 Å². The summed E-state index contributed by atoms with van der Waals surface area (Å²) in [7, 11) is 1.26. The number of amides is 2. The van der Waals surface area contributed by atoms with Crippen LogP contribution in [0.15, 0.2) is 65.6 Å². The highest BCUT2D eigenvalue weighted by molar-refractivity contribution is 7.92. The molecule has 3 aromatic carbocycles. The second kappa shape index (κ2) is 15.5. The molecule has 0 unspecified atom stereocenters. The number of aryl methyl sites for hydroxylation is 1. The van der Waals surface area contributed by atoms with Crippen LogP contribution in [0.1, 0.15) is 38.3 Å². The van der Waals surface area contributed by atoms with E-state index >= 15 is 0 Å². The third kappa shape index (κ3) is 8.39. The number of hydrogen-bond donors (Lipinski definition) is 1. The highest BCUT2D eigenvalue weighted by atomic mass is 32.2. The Kier molecular flexibility index (Phi) is 12.1. The minimum Gasteiger partial charge on any atom is -0.497 e. The molecule has 45 heavy (non-hydrogen) atoms. The summed E-state index contributed by atoms with van der Waals surface area (Å²) < 4.78 is 51.3. The Morgan fingerprint density at radius 3 is 2.11 bits per heavy atom. The monoisotopic (exact) mass is 641 g/mol. The molecule has 0 heterocycles. The highest BCUT2D eigenvalue weighted by Crippen LogP contribution is 2.37. The zero-order valence-electron chi connectivity index (χ0n) is 27.1. The standard InChI is InChI=1S/C33H43N3O8S/c1-9-23(3)34-33(38)24(4)35(20-25-12-10-11-22(2)17-25)32(37)21-36(28-18-26(41-5)13-15-29(28)42-6)45(39,40)27-14-16-30(43-7)31(19-27)44-8/h10-19,23-24H,9,20-21H2,1-8H3,(H,34,38)/t23-,24+/m0/s1. The number of rotatable bonds is 15. The Morgan fingerprint density at radius 2 is 1.51 bits per heavy atom. The molecular weight excluding hydrogens is 598 g/mol. The van der Waals surface area contributed by atoms with Crippen LogP contribution in [0.2, 0.25) is 0 Å². The van der Waals surface area contributed by atoms with Crippen LogP contribution in [-0.4, -0.2) is 72.2 Å². The maximum absolute atomic E-state index is 14.4. The first-order valence-corrected chi connectivity index (χ1v) is 16.0. The number of anilines is 1. The van der Waals surface area contributed by atoms with Crippen LogP contribution in [0.25, 0.3) is 0 Å². The van der Waals surface area contributed by atoms with Gasteiger partial charge in [-0.05, 0) is 57.0 Å². The summed E-state index contributed by atoms with van der Waals surface area (Å²) in [5.41, 5.74) is 1.85. The van der Waals surface area contributed by atoms with Gasteiger partial charge in [-0.25, -0.2) is 8.42 Å². The van der Waals surface area contributed by atoms with Crippen molar-refractivity contribution in [2.24, 2.45) is 0 Å². The van der Waals surface area contributed by atoms with Crippen molar-refractivity contribution in [3.63, 3.8) is 0 Å². The van der Waals surface area contributed by atoms with Crippen molar-refractivity contribution in [3.05, 3.63) is 71.8 Å². The molecule has 0 saturated carbocycles. The molecular formula is C33H43N3O8S. The van der Waals surface area contributed by atoms with Crippen molar-refractivity contribution < 1.29 is 37.0 Å². The molecule has 0 saturated heterocycles. The third-order valence-electron chi connectivity index (χ3n) is 7.48. The van der Waals surface area contributed by atoms with Crippen LogP contribution in [0.4, 0.5) is 5.69 Å². The normalized spacial score (nSPS) is 12.4. The Bertz CT molecular complexity index is 1590. The molecule has 3 rings (SSSR count). The first-order chi connectivity index (χ1) is 21.4. The second-order valence-electron chi connectivity index (χ2n) is 10.6. The largest absolute Gasteiger partial charge is 0.497 e. The van der Waals surface area contributed by atoms with Crippen LogP contribution < -0.4 is 28.6 Å². The van der Waals surface area contributed by atoms with Gasteiger partial charge in [0.05, 0.1) is 39.0 Å². The van der Waals surface area contributed by atoms with Crippen molar-refractivity contribution in [1.82, 2.24) is 10.2 Å². The first-order valence-electron chi connectivity index (χ1n) is 14.5. The predicted octanol–water partition coefficient (Wildman–Crippen LogP) is 4.56. The molecule has 2 atom stereocenters. The van der Waals surface area contributed by atoms with E-state index in [0.29, 0.717) is 17.9 Å². The molecule has 0 aliphatic carbocycles. The van der Waals surface area contributed by atoms with E-state index in [0.717, 1.165) is 15.4 Å². The summed E-state index contributed by atoms with van der Waals surface area (Å²) in [6.07, 6.45) is 0.706. The molecule has 3 aromatic rings. The average Bonchev–Trinajstić information content (AvgIpc) is 3.04. The number of nitrogens with zero attached hydrogens (tertiary/aromatic N) is 2. The van der Waals surface area contributed by atoms with Gasteiger partial charge in [-0.1, -0.05) is 36.8 Å².